The molecule has 0 bridgehead atoms. The first kappa shape index (κ1) is 18.0. The van der Waals surface area contributed by atoms with E-state index in [1.165, 1.54) is 13.1 Å². The average Bonchev–Trinajstić information content (AvgIpc) is 2.54. The normalized spacial score (nSPS) is 10.8. The number of nitrogens with one attached hydrogen (secondary N) is 3. The molecule has 1 heterocycles. The minimum atomic E-state index is -0.630. The van der Waals surface area contributed by atoms with Crippen LogP contribution in [0.2, 0.25) is 0 Å². The first-order valence-corrected chi connectivity index (χ1v) is 7.51. The van der Waals surface area contributed by atoms with Crippen LogP contribution in [0, 0.1) is 6.92 Å². The molecule has 0 radical (unpaired) electrons. The monoisotopic (exact) mass is 346 g/mol. The maximum atomic E-state index is 11.9. The van der Waals surface area contributed by atoms with Crippen molar-refractivity contribution in [1.82, 2.24) is 15.4 Å². The van der Waals surface area contributed by atoms with E-state index in [1.54, 1.807) is 25.1 Å². The van der Waals surface area contributed by atoms with Gasteiger partial charge in [-0.15, -0.1) is 0 Å². The first-order chi connectivity index (χ1) is 11.9. The molecule has 4 N–H and O–H groups in total. The molecule has 0 unspecified atom stereocenters. The van der Waals surface area contributed by atoms with Gasteiger partial charge in [0.05, 0.1) is 19.2 Å². The molecule has 2 aromatic rings. The van der Waals surface area contributed by atoms with Crippen molar-refractivity contribution in [3.8, 4) is 11.5 Å². The molecule has 0 atom stereocenters. The van der Waals surface area contributed by atoms with Crippen molar-refractivity contribution in [2.45, 2.75) is 20.3 Å². The number of aromatic amines is 2. The predicted molar refractivity (Wildman–Crippen MR) is 91.1 cm³/mol. The largest absolute Gasteiger partial charge is 0.504 e. The van der Waals surface area contributed by atoms with Gasteiger partial charge in [-0.3, -0.25) is 14.6 Å². The van der Waals surface area contributed by atoms with Crippen molar-refractivity contribution in [2.75, 3.05) is 6.61 Å². The number of amides is 1. The number of ether oxygens (including phenoxy) is 1. The van der Waals surface area contributed by atoms with Crippen LogP contribution in [0.3, 0.4) is 0 Å². The summed E-state index contributed by atoms with van der Waals surface area (Å²) in [6.07, 6.45) is 1.01. The molecule has 1 aromatic heterocycles. The fraction of sp³-hybridized carbons (Fsp3) is 0.250. The summed E-state index contributed by atoms with van der Waals surface area (Å²) in [6.45, 7) is 3.72. The lowest BCUT2D eigenvalue weighted by Crippen LogP contribution is -2.30. The Hall–Kier alpha value is -3.36. The zero-order valence-corrected chi connectivity index (χ0v) is 13.8. The average molecular weight is 346 g/mol. The van der Waals surface area contributed by atoms with Gasteiger partial charge in [-0.25, -0.2) is 10.2 Å². The summed E-state index contributed by atoms with van der Waals surface area (Å²) in [5, 5.41) is 13.8. The zero-order valence-electron chi connectivity index (χ0n) is 13.8. The molecule has 0 saturated carbocycles. The maximum Gasteiger partial charge on any atom is 0.325 e. The second kappa shape index (κ2) is 7.95. The highest BCUT2D eigenvalue weighted by Gasteiger charge is 2.11. The summed E-state index contributed by atoms with van der Waals surface area (Å²) < 4.78 is 5.25. The van der Waals surface area contributed by atoms with Crippen molar-refractivity contribution in [3.63, 3.8) is 0 Å². The lowest BCUT2D eigenvalue weighted by molar-refractivity contribution is -0.120. The topological polar surface area (TPSA) is 137 Å². The Kier molecular flexibility index (Phi) is 5.72. The summed E-state index contributed by atoms with van der Waals surface area (Å²) in [7, 11) is 0. The van der Waals surface area contributed by atoms with E-state index < -0.39 is 17.2 Å². The number of benzene rings is 1. The van der Waals surface area contributed by atoms with Crippen molar-refractivity contribution < 1.29 is 14.6 Å². The van der Waals surface area contributed by atoms with Crippen LogP contribution in [-0.4, -0.2) is 33.8 Å². The molecule has 1 amide bonds. The number of aromatic hydroxyl groups is 1. The molecule has 132 valence electrons. The van der Waals surface area contributed by atoms with Gasteiger partial charge in [-0.2, -0.15) is 5.10 Å². The Morgan fingerprint density at radius 1 is 1.36 bits per heavy atom. The molecular weight excluding hydrogens is 328 g/mol. The van der Waals surface area contributed by atoms with Gasteiger partial charge in [-0.05, 0) is 26.0 Å². The number of rotatable bonds is 6. The Bertz CT molecular complexity index is 913. The quantitative estimate of drug-likeness (QED) is 0.436. The molecule has 0 fully saturated rings. The van der Waals surface area contributed by atoms with Crippen LogP contribution in [0.25, 0.3) is 0 Å². The number of carbonyl (C=O) groups is 1. The van der Waals surface area contributed by atoms with E-state index in [0.717, 1.165) is 0 Å². The van der Waals surface area contributed by atoms with Gasteiger partial charge in [0, 0.05) is 16.8 Å². The molecule has 0 aliphatic carbocycles. The fourth-order valence-electron chi connectivity index (χ4n) is 2.13. The maximum absolute atomic E-state index is 11.9. The highest BCUT2D eigenvalue weighted by atomic mass is 16.5. The van der Waals surface area contributed by atoms with Crippen LogP contribution >= 0.6 is 0 Å². The standard InChI is InChI=1S/C16H18N4O5/c1-3-25-12-6-4-5-10(14(12)22)8-17-20-13(21)7-11-9(2)18-16(24)19-15(11)23/h4-6,8,22H,3,7H2,1-2H3,(H,20,21)(H2,18,19,23,24)/b17-8-. The molecule has 9 heteroatoms. The zero-order chi connectivity index (χ0) is 18.4. The molecule has 0 aliphatic heterocycles. The second-order valence-corrected chi connectivity index (χ2v) is 5.11. The number of hydrogen-bond donors (Lipinski definition) is 4. The number of carbonyl (C=O) groups excluding carboxylic acids is 1. The van der Waals surface area contributed by atoms with Crippen LogP contribution < -0.4 is 21.4 Å². The summed E-state index contributed by atoms with van der Waals surface area (Å²) >= 11 is 0. The number of nitrogens with zero attached hydrogens (tertiary/aromatic N) is 1. The SMILES string of the molecule is CCOc1cccc(/C=N\NC(=O)Cc2c(C)[nH]c(=O)[nH]c2=O)c1O. The Labute approximate surface area is 142 Å². The highest BCUT2D eigenvalue weighted by molar-refractivity contribution is 5.86. The van der Waals surface area contributed by atoms with E-state index in [1.807, 2.05) is 0 Å². The van der Waals surface area contributed by atoms with Gasteiger partial charge >= 0.3 is 5.69 Å². The van der Waals surface area contributed by atoms with Gasteiger partial charge in [-0.1, -0.05) is 6.07 Å². The van der Waals surface area contributed by atoms with Gasteiger partial charge in [0.1, 0.15) is 0 Å². The minimum absolute atomic E-state index is 0.0877. The molecule has 0 spiro atoms. The van der Waals surface area contributed by atoms with E-state index in [-0.39, 0.29) is 17.7 Å². The van der Waals surface area contributed by atoms with Crippen molar-refractivity contribution in [3.05, 3.63) is 55.9 Å². The Balaban J connectivity index is 2.06. The van der Waals surface area contributed by atoms with Gasteiger partial charge in [0.25, 0.3) is 5.56 Å². The summed E-state index contributed by atoms with van der Waals surface area (Å²) in [5.74, 6) is -0.319. The van der Waals surface area contributed by atoms with E-state index in [4.69, 9.17) is 4.74 Å². The van der Waals surface area contributed by atoms with Crippen molar-refractivity contribution in [2.24, 2.45) is 5.10 Å². The molecule has 9 nitrogen and oxygen atoms in total. The van der Waals surface area contributed by atoms with E-state index in [0.29, 0.717) is 23.6 Å². The number of phenols is 1. The lowest BCUT2D eigenvalue weighted by Gasteiger charge is -2.07. The highest BCUT2D eigenvalue weighted by Crippen LogP contribution is 2.28. The van der Waals surface area contributed by atoms with Crippen molar-refractivity contribution in [1.29, 1.82) is 0 Å². The van der Waals surface area contributed by atoms with Gasteiger partial charge in [0.15, 0.2) is 11.5 Å². The third-order valence-electron chi connectivity index (χ3n) is 3.32. The molecule has 0 saturated heterocycles. The summed E-state index contributed by atoms with van der Waals surface area (Å²) in [5.41, 5.74) is 1.83. The van der Waals surface area contributed by atoms with E-state index in [2.05, 4.69) is 20.5 Å². The minimum Gasteiger partial charge on any atom is -0.504 e. The van der Waals surface area contributed by atoms with E-state index in [9.17, 15) is 19.5 Å². The third-order valence-corrected chi connectivity index (χ3v) is 3.32. The number of aromatic nitrogens is 2. The number of phenolic OH excluding ortho intramolecular Hbond substituents is 1. The van der Waals surface area contributed by atoms with Gasteiger partial charge < -0.3 is 14.8 Å². The smallest absolute Gasteiger partial charge is 0.325 e. The molecule has 1 aromatic carbocycles. The first-order valence-electron chi connectivity index (χ1n) is 7.51. The number of H-pyrrole nitrogens is 2. The fourth-order valence-corrected chi connectivity index (χ4v) is 2.13. The molecule has 25 heavy (non-hydrogen) atoms. The Morgan fingerprint density at radius 3 is 2.80 bits per heavy atom. The predicted octanol–water partition coefficient (Wildman–Crippen LogP) is 0.169. The summed E-state index contributed by atoms with van der Waals surface area (Å²) in [4.78, 5) is 39.2. The number of aryl methyl sites for hydroxylation is 1. The van der Waals surface area contributed by atoms with Crippen molar-refractivity contribution >= 4 is 12.1 Å². The van der Waals surface area contributed by atoms with Crippen LogP contribution in [-0.2, 0) is 11.2 Å². The molecule has 0 aliphatic rings. The van der Waals surface area contributed by atoms with Crippen LogP contribution in [0.4, 0.5) is 0 Å². The summed E-state index contributed by atoms with van der Waals surface area (Å²) in [6, 6.07) is 4.89. The molecular formula is C16H18N4O5. The number of hydrogen-bond acceptors (Lipinski definition) is 6. The number of para-hydroxylation sites is 1. The third kappa shape index (κ3) is 4.56. The second-order valence-electron chi connectivity index (χ2n) is 5.11. The molecule has 2 rings (SSSR count). The van der Waals surface area contributed by atoms with Crippen LogP contribution in [0.1, 0.15) is 23.7 Å². The number of hydrazone groups is 1. The Morgan fingerprint density at radius 2 is 2.12 bits per heavy atom. The van der Waals surface area contributed by atoms with E-state index >= 15 is 0 Å². The lowest BCUT2D eigenvalue weighted by atomic mass is 10.1. The van der Waals surface area contributed by atoms with Gasteiger partial charge in [0.2, 0.25) is 5.91 Å². The van der Waals surface area contributed by atoms with Crippen LogP contribution in [0.15, 0.2) is 32.9 Å². The van der Waals surface area contributed by atoms with Crippen LogP contribution in [0.5, 0.6) is 11.5 Å².